The molecule has 0 fully saturated rings. The Morgan fingerprint density at radius 3 is 2.10 bits per heavy atom. The van der Waals surface area contributed by atoms with E-state index in [0.29, 0.717) is 0 Å². The van der Waals surface area contributed by atoms with E-state index in [1.807, 2.05) is 0 Å². The topological polar surface area (TPSA) is 0 Å². The molecule has 2 heterocycles. The van der Waals surface area contributed by atoms with Crippen molar-refractivity contribution in [2.75, 3.05) is 0 Å². The molecule has 0 aliphatic rings. The maximum absolute atomic E-state index is 2.25. The number of hydrogen-bond acceptors (Lipinski definition) is 2. The van der Waals surface area contributed by atoms with E-state index in [1.165, 1.54) is 31.7 Å². The van der Waals surface area contributed by atoms with Crippen molar-refractivity contribution in [3.8, 4) is 20.9 Å². The van der Waals surface area contributed by atoms with Gasteiger partial charge in [0.05, 0.1) is 0 Å². The molecule has 0 amide bonds. The summed E-state index contributed by atoms with van der Waals surface area (Å²) in [6.07, 6.45) is 0. The van der Waals surface area contributed by atoms with Gasteiger partial charge in [-0.1, -0.05) is 48.5 Å². The smallest absolute Gasteiger partial charge is 0.0355 e. The van der Waals surface area contributed by atoms with E-state index in [0.717, 1.165) is 0 Å². The highest BCUT2D eigenvalue weighted by molar-refractivity contribution is 7.14. The molecular weight excluding hydrogens is 280 g/mol. The second-order valence-electron chi connectivity index (χ2n) is 4.66. The van der Waals surface area contributed by atoms with Crippen LogP contribution in [0.5, 0.6) is 0 Å². The van der Waals surface area contributed by atoms with E-state index in [9.17, 15) is 0 Å². The van der Waals surface area contributed by atoms with Crippen molar-refractivity contribution in [1.29, 1.82) is 0 Å². The second-order valence-corrected chi connectivity index (χ2v) is 6.56. The Balaban J connectivity index is 2.12. The lowest BCUT2D eigenvalue weighted by atomic mass is 9.97. The highest BCUT2D eigenvalue weighted by atomic mass is 32.1. The van der Waals surface area contributed by atoms with Gasteiger partial charge in [-0.25, -0.2) is 0 Å². The Hall–Kier alpha value is -1.90. The van der Waals surface area contributed by atoms with E-state index in [2.05, 4.69) is 71.4 Å². The Morgan fingerprint density at radius 1 is 0.600 bits per heavy atom. The molecule has 0 radical (unpaired) electrons. The summed E-state index contributed by atoms with van der Waals surface area (Å²) in [6.45, 7) is 0. The molecule has 0 bridgehead atoms. The number of hydrogen-bond donors (Lipinski definition) is 0. The number of thiophene rings is 2. The average molecular weight is 292 g/mol. The summed E-state index contributed by atoms with van der Waals surface area (Å²) in [5, 5.41) is 6.93. The minimum atomic E-state index is 1.30. The van der Waals surface area contributed by atoms with Gasteiger partial charge in [0.25, 0.3) is 0 Å². The lowest BCUT2D eigenvalue weighted by molar-refractivity contribution is 1.72. The third-order valence-electron chi connectivity index (χ3n) is 3.48. The van der Waals surface area contributed by atoms with Gasteiger partial charge in [-0.15, -0.1) is 22.7 Å². The van der Waals surface area contributed by atoms with Crippen LogP contribution in [0.3, 0.4) is 0 Å². The van der Waals surface area contributed by atoms with E-state index < -0.39 is 0 Å². The van der Waals surface area contributed by atoms with E-state index >= 15 is 0 Å². The molecule has 0 N–H and O–H groups in total. The summed E-state index contributed by atoms with van der Waals surface area (Å²) < 4.78 is 0. The Bertz CT molecular complexity index is 840. The number of fused-ring (bicyclic) bond motifs is 1. The van der Waals surface area contributed by atoms with E-state index in [-0.39, 0.29) is 0 Å². The molecule has 2 heteroatoms. The fraction of sp³-hybridized carbons (Fsp3) is 0. The molecule has 0 nitrogen and oxygen atoms in total. The van der Waals surface area contributed by atoms with Crippen molar-refractivity contribution >= 4 is 33.4 Å². The first-order chi connectivity index (χ1) is 9.93. The van der Waals surface area contributed by atoms with Crippen molar-refractivity contribution < 1.29 is 0 Å². The number of benzene rings is 2. The van der Waals surface area contributed by atoms with Gasteiger partial charge in [0, 0.05) is 20.9 Å². The zero-order valence-corrected chi connectivity index (χ0v) is 12.4. The standard InChI is InChI=1S/C18H12S2/c1-2-6-14-13(5-1)9-10-15(16-7-3-11-19-16)18(14)17-8-4-12-20-17/h1-12H. The highest BCUT2D eigenvalue weighted by Crippen LogP contribution is 2.41. The van der Waals surface area contributed by atoms with Gasteiger partial charge in [-0.05, 0) is 33.7 Å². The molecule has 2 aromatic carbocycles. The van der Waals surface area contributed by atoms with Crippen LogP contribution in [0, 0.1) is 0 Å². The predicted molar refractivity (Wildman–Crippen MR) is 90.6 cm³/mol. The molecule has 0 aliphatic carbocycles. The predicted octanol–water partition coefficient (Wildman–Crippen LogP) is 6.30. The second kappa shape index (κ2) is 4.89. The van der Waals surface area contributed by atoms with Crippen LogP contribution in [0.1, 0.15) is 0 Å². The number of rotatable bonds is 2. The van der Waals surface area contributed by atoms with Crippen LogP contribution in [0.4, 0.5) is 0 Å². The zero-order chi connectivity index (χ0) is 13.4. The average Bonchev–Trinajstić information content (AvgIpc) is 3.19. The van der Waals surface area contributed by atoms with Crippen molar-refractivity contribution in [2.24, 2.45) is 0 Å². The van der Waals surface area contributed by atoms with Crippen molar-refractivity contribution in [1.82, 2.24) is 0 Å². The van der Waals surface area contributed by atoms with Crippen LogP contribution in [-0.4, -0.2) is 0 Å². The van der Waals surface area contributed by atoms with Crippen LogP contribution in [0.25, 0.3) is 31.7 Å². The molecule has 0 spiro atoms. The summed E-state index contributed by atoms with van der Waals surface area (Å²) in [5.41, 5.74) is 2.70. The van der Waals surface area contributed by atoms with Gasteiger partial charge in [-0.2, -0.15) is 0 Å². The monoisotopic (exact) mass is 292 g/mol. The van der Waals surface area contributed by atoms with Crippen molar-refractivity contribution in [3.05, 3.63) is 71.4 Å². The summed E-state index contributed by atoms with van der Waals surface area (Å²) in [4.78, 5) is 2.67. The molecular formula is C18H12S2. The van der Waals surface area contributed by atoms with Gasteiger partial charge in [0.2, 0.25) is 0 Å². The molecule has 0 aliphatic heterocycles. The lowest BCUT2D eigenvalue weighted by Gasteiger charge is -2.11. The molecule has 4 rings (SSSR count). The summed E-state index contributed by atoms with van der Waals surface area (Å²) >= 11 is 3.61. The fourth-order valence-corrected chi connectivity index (χ4v) is 4.15. The molecule has 4 aromatic rings. The van der Waals surface area contributed by atoms with E-state index in [1.54, 1.807) is 22.7 Å². The fourth-order valence-electron chi connectivity index (χ4n) is 2.59. The van der Waals surface area contributed by atoms with E-state index in [4.69, 9.17) is 0 Å². The lowest BCUT2D eigenvalue weighted by Crippen LogP contribution is -1.83. The first-order valence-electron chi connectivity index (χ1n) is 6.53. The van der Waals surface area contributed by atoms with Gasteiger partial charge < -0.3 is 0 Å². The summed E-state index contributed by atoms with van der Waals surface area (Å²) in [5.74, 6) is 0. The van der Waals surface area contributed by atoms with Crippen LogP contribution in [-0.2, 0) is 0 Å². The maximum Gasteiger partial charge on any atom is 0.0355 e. The Kier molecular flexibility index (Phi) is 2.91. The van der Waals surface area contributed by atoms with Gasteiger partial charge in [0.15, 0.2) is 0 Å². The van der Waals surface area contributed by atoms with Crippen LogP contribution in [0.2, 0.25) is 0 Å². The van der Waals surface area contributed by atoms with Gasteiger partial charge in [-0.3, -0.25) is 0 Å². The maximum atomic E-state index is 2.25. The third kappa shape index (κ3) is 1.89. The SMILES string of the molecule is c1csc(-c2ccc3ccccc3c2-c2cccs2)c1. The Morgan fingerprint density at radius 2 is 1.35 bits per heavy atom. The quantitative estimate of drug-likeness (QED) is 0.407. The first kappa shape index (κ1) is 11.9. The minimum Gasteiger partial charge on any atom is -0.144 e. The van der Waals surface area contributed by atoms with Gasteiger partial charge in [0.1, 0.15) is 0 Å². The molecule has 20 heavy (non-hydrogen) atoms. The molecule has 0 saturated heterocycles. The molecule has 96 valence electrons. The molecule has 0 saturated carbocycles. The third-order valence-corrected chi connectivity index (χ3v) is 5.27. The summed E-state index contributed by atoms with van der Waals surface area (Å²) in [6, 6.07) is 21.8. The van der Waals surface area contributed by atoms with Gasteiger partial charge >= 0.3 is 0 Å². The molecule has 0 unspecified atom stereocenters. The Labute approximate surface area is 126 Å². The largest absolute Gasteiger partial charge is 0.144 e. The molecule has 2 aromatic heterocycles. The highest BCUT2D eigenvalue weighted by Gasteiger charge is 2.12. The summed E-state index contributed by atoms with van der Waals surface area (Å²) in [7, 11) is 0. The van der Waals surface area contributed by atoms with Crippen LogP contribution < -0.4 is 0 Å². The molecule has 0 atom stereocenters. The minimum absolute atomic E-state index is 1.30. The zero-order valence-electron chi connectivity index (χ0n) is 10.7. The van der Waals surface area contributed by atoms with Crippen LogP contribution >= 0.6 is 22.7 Å². The van der Waals surface area contributed by atoms with Crippen molar-refractivity contribution in [3.63, 3.8) is 0 Å². The normalized spacial score (nSPS) is 11.0. The first-order valence-corrected chi connectivity index (χ1v) is 8.29. The van der Waals surface area contributed by atoms with Crippen LogP contribution in [0.15, 0.2) is 71.4 Å². The van der Waals surface area contributed by atoms with Crippen molar-refractivity contribution in [2.45, 2.75) is 0 Å².